The minimum absolute atomic E-state index is 0.0179. The van der Waals surface area contributed by atoms with E-state index < -0.39 is 5.97 Å². The van der Waals surface area contributed by atoms with Crippen LogP contribution in [0.15, 0.2) is 48.5 Å². The van der Waals surface area contributed by atoms with Crippen molar-refractivity contribution < 1.29 is 28.6 Å². The molecule has 0 saturated carbocycles. The summed E-state index contributed by atoms with van der Waals surface area (Å²) in [6.07, 6.45) is -0.0179. The summed E-state index contributed by atoms with van der Waals surface area (Å²) < 4.78 is 15.4. The number of hydrogen-bond donors (Lipinski definition) is 0. The number of fused-ring (bicyclic) bond motifs is 1. The molecule has 27 heavy (non-hydrogen) atoms. The number of Topliss-reactive ketones (excluding diaryl/α,β-unsaturated/α-hetero) is 1. The molecule has 1 amide bonds. The highest BCUT2D eigenvalue weighted by Gasteiger charge is 2.25. The van der Waals surface area contributed by atoms with Crippen LogP contribution in [0.2, 0.25) is 0 Å². The Morgan fingerprint density at radius 3 is 2.59 bits per heavy atom. The third-order valence-corrected chi connectivity index (χ3v) is 4.12. The maximum atomic E-state index is 12.1. The number of esters is 1. The zero-order valence-electron chi connectivity index (χ0n) is 14.8. The number of benzene rings is 2. The average molecular weight is 369 g/mol. The SMILES string of the molecule is COc1ccc(C(=O)COC(=O)CCN2C(=O)COc3ccccc32)cc1. The van der Waals surface area contributed by atoms with E-state index in [0.29, 0.717) is 22.7 Å². The van der Waals surface area contributed by atoms with Crippen molar-refractivity contribution in [3.63, 3.8) is 0 Å². The molecule has 0 spiro atoms. The summed E-state index contributed by atoms with van der Waals surface area (Å²) >= 11 is 0. The minimum atomic E-state index is -0.548. The van der Waals surface area contributed by atoms with Crippen LogP contribution in [0.1, 0.15) is 16.8 Å². The molecule has 3 rings (SSSR count). The van der Waals surface area contributed by atoms with Crippen LogP contribution >= 0.6 is 0 Å². The second-order valence-electron chi connectivity index (χ2n) is 5.86. The van der Waals surface area contributed by atoms with Crippen molar-refractivity contribution in [2.75, 3.05) is 31.8 Å². The van der Waals surface area contributed by atoms with Crippen molar-refractivity contribution in [3.05, 3.63) is 54.1 Å². The Kier molecular flexibility index (Phi) is 5.71. The molecule has 0 bridgehead atoms. The zero-order valence-corrected chi connectivity index (χ0v) is 14.8. The van der Waals surface area contributed by atoms with Gasteiger partial charge in [0, 0.05) is 12.1 Å². The van der Waals surface area contributed by atoms with Crippen LogP contribution in [0.25, 0.3) is 0 Å². The summed E-state index contributed by atoms with van der Waals surface area (Å²) in [6.45, 7) is -0.254. The van der Waals surface area contributed by atoms with Crippen LogP contribution in [-0.2, 0) is 14.3 Å². The lowest BCUT2D eigenvalue weighted by Crippen LogP contribution is -2.40. The Hall–Kier alpha value is -3.35. The van der Waals surface area contributed by atoms with Crippen LogP contribution in [0.5, 0.6) is 11.5 Å². The van der Waals surface area contributed by atoms with E-state index in [-0.39, 0.29) is 37.9 Å². The maximum Gasteiger partial charge on any atom is 0.308 e. The van der Waals surface area contributed by atoms with Crippen molar-refractivity contribution in [2.24, 2.45) is 0 Å². The van der Waals surface area contributed by atoms with Gasteiger partial charge in [0.25, 0.3) is 5.91 Å². The van der Waals surface area contributed by atoms with Gasteiger partial charge < -0.3 is 19.1 Å². The van der Waals surface area contributed by atoms with E-state index in [1.165, 1.54) is 12.0 Å². The second kappa shape index (κ2) is 8.35. The van der Waals surface area contributed by atoms with Crippen molar-refractivity contribution in [1.82, 2.24) is 0 Å². The van der Waals surface area contributed by atoms with E-state index in [4.69, 9.17) is 14.2 Å². The van der Waals surface area contributed by atoms with Crippen LogP contribution in [-0.4, -0.2) is 44.5 Å². The average Bonchev–Trinajstić information content (AvgIpc) is 2.71. The van der Waals surface area contributed by atoms with Gasteiger partial charge in [-0.1, -0.05) is 12.1 Å². The predicted molar refractivity (Wildman–Crippen MR) is 97.2 cm³/mol. The van der Waals surface area contributed by atoms with Gasteiger partial charge in [0.05, 0.1) is 19.2 Å². The van der Waals surface area contributed by atoms with E-state index in [1.54, 1.807) is 42.5 Å². The lowest BCUT2D eigenvalue weighted by atomic mass is 10.1. The molecule has 0 aliphatic carbocycles. The number of carbonyl (C=O) groups is 3. The number of anilines is 1. The number of nitrogens with zero attached hydrogens (tertiary/aromatic N) is 1. The Morgan fingerprint density at radius 1 is 1.11 bits per heavy atom. The van der Waals surface area contributed by atoms with Gasteiger partial charge in [-0.2, -0.15) is 0 Å². The van der Waals surface area contributed by atoms with Gasteiger partial charge in [0.1, 0.15) is 11.5 Å². The number of ketones is 1. The molecule has 1 aliphatic heterocycles. The third-order valence-electron chi connectivity index (χ3n) is 4.12. The molecule has 0 fully saturated rings. The van der Waals surface area contributed by atoms with Crippen LogP contribution in [0.4, 0.5) is 5.69 Å². The number of para-hydroxylation sites is 2. The molecule has 140 valence electrons. The second-order valence-corrected chi connectivity index (χ2v) is 5.86. The highest BCUT2D eigenvalue weighted by Crippen LogP contribution is 2.31. The molecule has 7 heteroatoms. The standard InChI is InChI=1S/C20H19NO6/c1-25-15-8-6-14(7-9-15)17(22)12-27-20(24)10-11-21-16-4-2-3-5-18(16)26-13-19(21)23/h2-9H,10-13H2,1H3. The van der Waals surface area contributed by atoms with Crippen molar-refractivity contribution in [3.8, 4) is 11.5 Å². The van der Waals surface area contributed by atoms with Crippen molar-refractivity contribution >= 4 is 23.3 Å². The number of methoxy groups -OCH3 is 1. The molecule has 0 aromatic heterocycles. The molecule has 0 N–H and O–H groups in total. The zero-order chi connectivity index (χ0) is 19.2. The summed E-state index contributed by atoms with van der Waals surface area (Å²) in [6, 6.07) is 13.7. The van der Waals surface area contributed by atoms with E-state index in [1.807, 2.05) is 6.07 Å². The Labute approximate surface area is 156 Å². The molecule has 0 atom stereocenters. The number of ether oxygens (including phenoxy) is 3. The summed E-state index contributed by atoms with van der Waals surface area (Å²) in [5.41, 5.74) is 1.05. The van der Waals surface area contributed by atoms with E-state index in [0.717, 1.165) is 0 Å². The first-order chi connectivity index (χ1) is 13.1. The lowest BCUT2D eigenvalue weighted by molar-refractivity contribution is -0.142. The Bertz CT molecular complexity index is 846. The van der Waals surface area contributed by atoms with Gasteiger partial charge in [0.2, 0.25) is 0 Å². The molecule has 2 aromatic rings. The molecule has 2 aromatic carbocycles. The third kappa shape index (κ3) is 4.44. The number of carbonyl (C=O) groups excluding carboxylic acids is 3. The van der Waals surface area contributed by atoms with E-state index in [2.05, 4.69) is 0 Å². The summed E-state index contributed by atoms with van der Waals surface area (Å²) in [4.78, 5) is 37.6. The highest BCUT2D eigenvalue weighted by atomic mass is 16.5. The van der Waals surface area contributed by atoms with Gasteiger partial charge >= 0.3 is 5.97 Å². The fourth-order valence-electron chi connectivity index (χ4n) is 2.68. The fourth-order valence-corrected chi connectivity index (χ4v) is 2.68. The van der Waals surface area contributed by atoms with Crippen LogP contribution < -0.4 is 14.4 Å². The molecule has 1 heterocycles. The molecule has 0 radical (unpaired) electrons. The first-order valence-corrected chi connectivity index (χ1v) is 8.43. The molecular formula is C20H19NO6. The first kappa shape index (κ1) is 18.4. The van der Waals surface area contributed by atoms with E-state index >= 15 is 0 Å². The van der Waals surface area contributed by atoms with Gasteiger partial charge in [0.15, 0.2) is 19.0 Å². The largest absolute Gasteiger partial charge is 0.497 e. The molecule has 0 unspecified atom stereocenters. The normalized spacial score (nSPS) is 12.8. The summed E-state index contributed by atoms with van der Waals surface area (Å²) in [5.74, 6) is 0.155. The predicted octanol–water partition coefficient (Wildman–Crippen LogP) is 2.24. The van der Waals surface area contributed by atoms with Crippen LogP contribution in [0, 0.1) is 0 Å². The summed E-state index contributed by atoms with van der Waals surface area (Å²) in [7, 11) is 1.54. The molecular weight excluding hydrogens is 350 g/mol. The summed E-state index contributed by atoms with van der Waals surface area (Å²) in [5, 5.41) is 0. The maximum absolute atomic E-state index is 12.1. The van der Waals surface area contributed by atoms with Crippen molar-refractivity contribution in [1.29, 1.82) is 0 Å². The highest BCUT2D eigenvalue weighted by molar-refractivity contribution is 5.99. The van der Waals surface area contributed by atoms with Gasteiger partial charge in [-0.25, -0.2) is 0 Å². The molecule has 1 aliphatic rings. The minimum Gasteiger partial charge on any atom is -0.497 e. The van der Waals surface area contributed by atoms with E-state index in [9.17, 15) is 14.4 Å². The van der Waals surface area contributed by atoms with Gasteiger partial charge in [-0.05, 0) is 36.4 Å². The van der Waals surface area contributed by atoms with Gasteiger partial charge in [-0.3, -0.25) is 14.4 Å². The van der Waals surface area contributed by atoms with Gasteiger partial charge in [-0.15, -0.1) is 0 Å². The first-order valence-electron chi connectivity index (χ1n) is 8.43. The topological polar surface area (TPSA) is 82.1 Å². The Morgan fingerprint density at radius 2 is 1.85 bits per heavy atom. The quantitative estimate of drug-likeness (QED) is 0.550. The molecule has 0 saturated heterocycles. The molecule has 7 nitrogen and oxygen atoms in total. The number of rotatable bonds is 7. The monoisotopic (exact) mass is 369 g/mol. The van der Waals surface area contributed by atoms with Crippen LogP contribution in [0.3, 0.4) is 0 Å². The number of amides is 1. The Balaban J connectivity index is 1.51. The smallest absolute Gasteiger partial charge is 0.308 e. The fraction of sp³-hybridized carbons (Fsp3) is 0.250. The lowest BCUT2D eigenvalue weighted by Gasteiger charge is -2.28. The number of hydrogen-bond acceptors (Lipinski definition) is 6. The van der Waals surface area contributed by atoms with Crippen molar-refractivity contribution in [2.45, 2.75) is 6.42 Å².